The molecular formula is C23H18F2N2O4S. The van der Waals surface area contributed by atoms with Crippen LogP contribution in [-0.4, -0.2) is 23.7 Å². The monoisotopic (exact) mass is 456 g/mol. The fourth-order valence-electron chi connectivity index (χ4n) is 3.37. The van der Waals surface area contributed by atoms with Crippen LogP contribution in [0.3, 0.4) is 0 Å². The highest BCUT2D eigenvalue weighted by molar-refractivity contribution is 7.91. The highest BCUT2D eigenvalue weighted by Gasteiger charge is 2.20. The first-order chi connectivity index (χ1) is 15.2. The average Bonchev–Trinajstić information content (AvgIpc) is 2.78. The number of hydrogen-bond acceptors (Lipinski definition) is 5. The van der Waals surface area contributed by atoms with Crippen LogP contribution in [0.2, 0.25) is 0 Å². The number of halogens is 2. The van der Waals surface area contributed by atoms with Gasteiger partial charge in [0.15, 0.2) is 21.4 Å². The molecule has 0 aliphatic carbocycles. The molecule has 0 fully saturated rings. The first-order valence-electron chi connectivity index (χ1n) is 9.64. The van der Waals surface area contributed by atoms with Gasteiger partial charge in [0.05, 0.1) is 16.0 Å². The molecule has 0 radical (unpaired) electrons. The number of hydrogen-bond donors (Lipinski definition) is 0. The predicted molar refractivity (Wildman–Crippen MR) is 117 cm³/mol. The molecule has 0 amide bonds. The number of aromatic nitrogens is 2. The standard InChI is InChI=1S/C23H18F2N2O4S/c1-3-32(29,30)15-5-7-21(31-22-6-4-14(24)10-20(22)25)17(11-15)19-13-27(2)23(28)16-8-9-26-12-18(16)19/h4-13H,3H2,1-2H3. The van der Waals surface area contributed by atoms with Crippen LogP contribution < -0.4 is 10.3 Å². The van der Waals surface area contributed by atoms with Gasteiger partial charge >= 0.3 is 0 Å². The van der Waals surface area contributed by atoms with Crippen LogP contribution in [0, 0.1) is 11.6 Å². The molecule has 0 N–H and O–H groups in total. The Morgan fingerprint density at radius 3 is 2.47 bits per heavy atom. The van der Waals surface area contributed by atoms with Gasteiger partial charge in [-0.15, -0.1) is 0 Å². The molecule has 0 spiro atoms. The Bertz CT molecular complexity index is 1510. The molecule has 4 aromatic rings. The second-order valence-corrected chi connectivity index (χ2v) is 9.40. The van der Waals surface area contributed by atoms with Crippen molar-refractivity contribution < 1.29 is 21.9 Å². The molecule has 0 saturated heterocycles. The minimum Gasteiger partial charge on any atom is -0.454 e. The highest BCUT2D eigenvalue weighted by Crippen LogP contribution is 2.38. The summed E-state index contributed by atoms with van der Waals surface area (Å²) in [5, 5.41) is 0.855. The van der Waals surface area contributed by atoms with Gasteiger partial charge in [0.1, 0.15) is 11.6 Å². The Balaban J connectivity index is 2.01. The molecule has 0 aliphatic heterocycles. The molecular weight excluding hydrogens is 438 g/mol. The summed E-state index contributed by atoms with van der Waals surface area (Å²) in [5.74, 6) is -1.88. The van der Waals surface area contributed by atoms with Gasteiger partial charge in [0, 0.05) is 48.2 Å². The molecule has 2 heterocycles. The highest BCUT2D eigenvalue weighted by atomic mass is 32.2. The van der Waals surface area contributed by atoms with Crippen LogP contribution in [0.5, 0.6) is 11.5 Å². The van der Waals surface area contributed by atoms with Gasteiger partial charge in [-0.05, 0) is 36.4 Å². The molecule has 164 valence electrons. The van der Waals surface area contributed by atoms with Gasteiger partial charge in [0.25, 0.3) is 5.56 Å². The van der Waals surface area contributed by atoms with Crippen molar-refractivity contribution in [3.8, 4) is 22.6 Å². The Labute approximate surface area is 182 Å². The van der Waals surface area contributed by atoms with Crippen molar-refractivity contribution in [3.05, 3.63) is 83.0 Å². The average molecular weight is 456 g/mol. The van der Waals surface area contributed by atoms with Crippen molar-refractivity contribution in [2.45, 2.75) is 11.8 Å². The third-order valence-electron chi connectivity index (χ3n) is 5.08. The van der Waals surface area contributed by atoms with Crippen molar-refractivity contribution in [2.24, 2.45) is 7.05 Å². The van der Waals surface area contributed by atoms with E-state index >= 15 is 0 Å². The molecule has 0 bridgehead atoms. The summed E-state index contributed by atoms with van der Waals surface area (Å²) >= 11 is 0. The first-order valence-corrected chi connectivity index (χ1v) is 11.3. The van der Waals surface area contributed by atoms with E-state index in [4.69, 9.17) is 4.74 Å². The SMILES string of the molecule is CCS(=O)(=O)c1ccc(Oc2ccc(F)cc2F)c(-c2cn(C)c(=O)c3ccncc23)c1. The van der Waals surface area contributed by atoms with E-state index in [2.05, 4.69) is 4.98 Å². The molecule has 6 nitrogen and oxygen atoms in total. The topological polar surface area (TPSA) is 78.3 Å². The van der Waals surface area contributed by atoms with Gasteiger partial charge in [-0.1, -0.05) is 6.92 Å². The number of pyridine rings is 2. The summed E-state index contributed by atoms with van der Waals surface area (Å²) in [4.78, 5) is 16.7. The summed E-state index contributed by atoms with van der Waals surface area (Å²) in [6, 6.07) is 8.65. The number of sulfone groups is 1. The fraction of sp³-hybridized carbons (Fsp3) is 0.130. The van der Waals surface area contributed by atoms with Crippen molar-refractivity contribution in [3.63, 3.8) is 0 Å². The smallest absolute Gasteiger partial charge is 0.258 e. The lowest BCUT2D eigenvalue weighted by molar-refractivity contribution is 0.438. The van der Waals surface area contributed by atoms with E-state index in [9.17, 15) is 22.0 Å². The summed E-state index contributed by atoms with van der Waals surface area (Å²) in [6.07, 6.45) is 4.52. The number of rotatable bonds is 5. The minimum atomic E-state index is -3.57. The second-order valence-electron chi connectivity index (χ2n) is 7.12. The van der Waals surface area contributed by atoms with Crippen LogP contribution in [0.15, 0.2) is 70.7 Å². The van der Waals surface area contributed by atoms with Crippen LogP contribution in [-0.2, 0) is 16.9 Å². The van der Waals surface area contributed by atoms with E-state index in [1.54, 1.807) is 13.1 Å². The zero-order chi connectivity index (χ0) is 23.0. The Morgan fingerprint density at radius 2 is 1.75 bits per heavy atom. The van der Waals surface area contributed by atoms with Crippen LogP contribution >= 0.6 is 0 Å². The van der Waals surface area contributed by atoms with Gasteiger partial charge in [0.2, 0.25) is 0 Å². The van der Waals surface area contributed by atoms with Crippen LogP contribution in [0.25, 0.3) is 21.9 Å². The molecule has 4 rings (SSSR count). The van der Waals surface area contributed by atoms with E-state index in [1.165, 1.54) is 48.3 Å². The van der Waals surface area contributed by atoms with Crippen LogP contribution in [0.1, 0.15) is 6.92 Å². The summed E-state index contributed by atoms with van der Waals surface area (Å²) in [7, 11) is -2.00. The molecule has 2 aromatic carbocycles. The van der Waals surface area contributed by atoms with Gasteiger partial charge in [-0.25, -0.2) is 17.2 Å². The summed E-state index contributed by atoms with van der Waals surface area (Å²) < 4.78 is 59.7. The maximum atomic E-state index is 14.2. The van der Waals surface area contributed by atoms with E-state index in [1.807, 2.05) is 0 Å². The molecule has 0 saturated carbocycles. The third kappa shape index (κ3) is 3.87. The van der Waals surface area contributed by atoms with E-state index < -0.39 is 21.5 Å². The molecule has 0 aliphatic rings. The molecule has 0 unspecified atom stereocenters. The summed E-state index contributed by atoms with van der Waals surface area (Å²) in [6.45, 7) is 1.53. The number of nitrogens with zero attached hydrogens (tertiary/aromatic N) is 2. The largest absolute Gasteiger partial charge is 0.454 e. The van der Waals surface area contributed by atoms with E-state index in [0.717, 1.165) is 12.1 Å². The lowest BCUT2D eigenvalue weighted by Crippen LogP contribution is -2.16. The Morgan fingerprint density at radius 1 is 1.00 bits per heavy atom. The van der Waals surface area contributed by atoms with E-state index in [-0.39, 0.29) is 27.7 Å². The predicted octanol–water partition coefficient (Wildman–Crippen LogP) is 4.46. The van der Waals surface area contributed by atoms with Crippen molar-refractivity contribution >= 4 is 20.6 Å². The zero-order valence-electron chi connectivity index (χ0n) is 17.2. The number of aryl methyl sites for hydroxylation is 1. The molecule has 9 heteroatoms. The molecule has 2 aromatic heterocycles. The van der Waals surface area contributed by atoms with E-state index in [0.29, 0.717) is 28.0 Å². The maximum absolute atomic E-state index is 14.2. The Kier molecular flexibility index (Phi) is 5.52. The minimum absolute atomic E-state index is 0.0489. The zero-order valence-corrected chi connectivity index (χ0v) is 18.0. The Hall–Kier alpha value is -3.59. The van der Waals surface area contributed by atoms with Crippen molar-refractivity contribution in [2.75, 3.05) is 5.75 Å². The molecule has 0 atom stereocenters. The fourth-order valence-corrected chi connectivity index (χ4v) is 4.27. The number of fused-ring (bicyclic) bond motifs is 1. The third-order valence-corrected chi connectivity index (χ3v) is 6.81. The van der Waals surface area contributed by atoms with Crippen molar-refractivity contribution in [1.29, 1.82) is 0 Å². The summed E-state index contributed by atoms with van der Waals surface area (Å²) in [5.41, 5.74) is 0.535. The van der Waals surface area contributed by atoms with Gasteiger partial charge in [-0.2, -0.15) is 0 Å². The maximum Gasteiger partial charge on any atom is 0.258 e. The van der Waals surface area contributed by atoms with Crippen molar-refractivity contribution in [1.82, 2.24) is 9.55 Å². The second kappa shape index (κ2) is 8.16. The lowest BCUT2D eigenvalue weighted by atomic mass is 10.0. The van der Waals surface area contributed by atoms with Gasteiger partial charge < -0.3 is 9.30 Å². The quantitative estimate of drug-likeness (QED) is 0.443. The first kappa shape index (κ1) is 21.6. The number of benzene rings is 2. The van der Waals surface area contributed by atoms with Gasteiger partial charge in [-0.3, -0.25) is 9.78 Å². The normalized spacial score (nSPS) is 11.6. The number of ether oxygens (including phenoxy) is 1. The lowest BCUT2D eigenvalue weighted by Gasteiger charge is -2.16. The molecule has 32 heavy (non-hydrogen) atoms. The van der Waals surface area contributed by atoms with Crippen LogP contribution in [0.4, 0.5) is 8.78 Å².